The number of halogens is 2. The van der Waals surface area contributed by atoms with Crippen molar-refractivity contribution >= 4 is 11.6 Å². The van der Waals surface area contributed by atoms with Crippen LogP contribution in [-0.2, 0) is 0 Å². The van der Waals surface area contributed by atoms with Gasteiger partial charge in [0.25, 0.3) is 0 Å². The predicted molar refractivity (Wildman–Crippen MR) is 48.0 cm³/mol. The third-order valence-electron chi connectivity index (χ3n) is 1.45. The lowest BCUT2D eigenvalue weighted by Gasteiger charge is -2.08. The third-order valence-corrected chi connectivity index (χ3v) is 1.83. The van der Waals surface area contributed by atoms with Gasteiger partial charge in [-0.05, 0) is 19.4 Å². The van der Waals surface area contributed by atoms with Gasteiger partial charge in [0.2, 0.25) is 0 Å². The molecule has 1 atom stereocenters. The molecular formula is C8H17ClFN. The van der Waals surface area contributed by atoms with Gasteiger partial charge in [0.05, 0.1) is 6.67 Å². The van der Waals surface area contributed by atoms with Gasteiger partial charge < -0.3 is 5.32 Å². The molecule has 0 aliphatic rings. The van der Waals surface area contributed by atoms with Crippen LogP contribution in [0.1, 0.15) is 26.2 Å². The van der Waals surface area contributed by atoms with Crippen LogP contribution in [-0.4, -0.2) is 25.1 Å². The fourth-order valence-corrected chi connectivity index (χ4v) is 1.19. The van der Waals surface area contributed by atoms with E-state index >= 15 is 0 Å². The molecule has 0 aromatic heterocycles. The first kappa shape index (κ1) is 11.2. The Kier molecular flexibility index (Phi) is 8.41. The average Bonchev–Trinajstić information content (AvgIpc) is 1.99. The molecule has 0 aromatic carbocycles. The second-order valence-electron chi connectivity index (χ2n) is 2.63. The lowest BCUT2D eigenvalue weighted by molar-refractivity contribution is 0.458. The van der Waals surface area contributed by atoms with E-state index in [9.17, 15) is 4.39 Å². The molecule has 68 valence electrons. The molecule has 1 N–H and O–H groups in total. The van der Waals surface area contributed by atoms with Crippen molar-refractivity contribution in [1.29, 1.82) is 0 Å². The molecular weight excluding hydrogens is 165 g/mol. The second-order valence-corrected chi connectivity index (χ2v) is 3.25. The Morgan fingerprint density at radius 3 is 2.82 bits per heavy atom. The Morgan fingerprint density at radius 1 is 1.55 bits per heavy atom. The Bertz CT molecular complexity index is 80.5. The summed E-state index contributed by atoms with van der Waals surface area (Å²) in [6, 6.07) is 0. The van der Waals surface area contributed by atoms with Crippen LogP contribution >= 0.6 is 11.6 Å². The van der Waals surface area contributed by atoms with E-state index in [2.05, 4.69) is 12.2 Å². The van der Waals surface area contributed by atoms with Crippen LogP contribution in [0.15, 0.2) is 0 Å². The van der Waals surface area contributed by atoms with Crippen molar-refractivity contribution in [2.24, 2.45) is 0 Å². The largest absolute Gasteiger partial charge is 0.315 e. The highest BCUT2D eigenvalue weighted by molar-refractivity contribution is 6.20. The molecule has 0 saturated carbocycles. The number of hydrogen-bond donors (Lipinski definition) is 1. The molecule has 0 radical (unpaired) electrons. The molecule has 11 heavy (non-hydrogen) atoms. The van der Waals surface area contributed by atoms with Crippen molar-refractivity contribution in [1.82, 2.24) is 5.32 Å². The van der Waals surface area contributed by atoms with Gasteiger partial charge in [-0.2, -0.15) is 0 Å². The molecule has 0 spiro atoms. The van der Waals surface area contributed by atoms with Crippen LogP contribution < -0.4 is 5.32 Å². The monoisotopic (exact) mass is 181 g/mol. The summed E-state index contributed by atoms with van der Waals surface area (Å²) in [5.74, 6) is 0. The van der Waals surface area contributed by atoms with Gasteiger partial charge in [-0.3, -0.25) is 4.39 Å². The molecule has 0 aromatic rings. The maximum Gasteiger partial charge on any atom is 0.0906 e. The SMILES string of the molecule is CCCC(Cl)CNCCCF. The van der Waals surface area contributed by atoms with E-state index in [0.29, 0.717) is 6.42 Å². The lowest BCUT2D eigenvalue weighted by atomic mass is 10.2. The summed E-state index contributed by atoms with van der Waals surface area (Å²) in [6.07, 6.45) is 2.73. The molecule has 0 saturated heterocycles. The molecule has 0 aliphatic heterocycles. The van der Waals surface area contributed by atoms with Gasteiger partial charge in [-0.15, -0.1) is 11.6 Å². The summed E-state index contributed by atoms with van der Waals surface area (Å²) >= 11 is 5.90. The summed E-state index contributed by atoms with van der Waals surface area (Å²) in [6.45, 7) is 3.41. The van der Waals surface area contributed by atoms with Crippen LogP contribution in [0.4, 0.5) is 4.39 Å². The zero-order chi connectivity index (χ0) is 8.53. The van der Waals surface area contributed by atoms with E-state index in [1.54, 1.807) is 0 Å². The van der Waals surface area contributed by atoms with E-state index in [1.165, 1.54) is 0 Å². The smallest absolute Gasteiger partial charge is 0.0906 e. The Labute approximate surface area is 73.3 Å². The molecule has 0 amide bonds. The minimum Gasteiger partial charge on any atom is -0.315 e. The normalized spacial score (nSPS) is 13.4. The van der Waals surface area contributed by atoms with E-state index in [1.807, 2.05) is 0 Å². The Morgan fingerprint density at radius 2 is 2.27 bits per heavy atom. The van der Waals surface area contributed by atoms with Crippen molar-refractivity contribution < 1.29 is 4.39 Å². The fraction of sp³-hybridized carbons (Fsp3) is 1.00. The molecule has 0 aliphatic carbocycles. The van der Waals surface area contributed by atoms with Crippen LogP contribution in [0, 0.1) is 0 Å². The van der Waals surface area contributed by atoms with Crippen molar-refractivity contribution in [2.45, 2.75) is 31.6 Å². The average molecular weight is 182 g/mol. The maximum absolute atomic E-state index is 11.6. The van der Waals surface area contributed by atoms with Crippen LogP contribution in [0.5, 0.6) is 0 Å². The molecule has 0 rings (SSSR count). The van der Waals surface area contributed by atoms with Crippen molar-refractivity contribution in [3.8, 4) is 0 Å². The van der Waals surface area contributed by atoms with Crippen LogP contribution in [0.2, 0.25) is 0 Å². The fourth-order valence-electron chi connectivity index (χ4n) is 0.866. The molecule has 0 bridgehead atoms. The zero-order valence-electron chi connectivity index (χ0n) is 7.08. The van der Waals surface area contributed by atoms with E-state index in [0.717, 1.165) is 25.9 Å². The summed E-state index contributed by atoms with van der Waals surface area (Å²) in [4.78, 5) is 0. The van der Waals surface area contributed by atoms with Gasteiger partial charge in [-0.25, -0.2) is 0 Å². The molecule has 0 fully saturated rings. The highest BCUT2D eigenvalue weighted by Gasteiger charge is 2.00. The quantitative estimate of drug-likeness (QED) is 0.470. The first-order valence-electron chi connectivity index (χ1n) is 4.22. The second kappa shape index (κ2) is 8.28. The number of hydrogen-bond acceptors (Lipinski definition) is 1. The van der Waals surface area contributed by atoms with E-state index in [-0.39, 0.29) is 12.1 Å². The van der Waals surface area contributed by atoms with E-state index in [4.69, 9.17) is 11.6 Å². The topological polar surface area (TPSA) is 12.0 Å². The first-order valence-corrected chi connectivity index (χ1v) is 4.65. The maximum atomic E-state index is 11.6. The zero-order valence-corrected chi connectivity index (χ0v) is 7.83. The highest BCUT2D eigenvalue weighted by atomic mass is 35.5. The number of alkyl halides is 2. The van der Waals surface area contributed by atoms with Gasteiger partial charge in [-0.1, -0.05) is 13.3 Å². The summed E-state index contributed by atoms with van der Waals surface area (Å²) in [7, 11) is 0. The summed E-state index contributed by atoms with van der Waals surface area (Å²) in [5.41, 5.74) is 0. The summed E-state index contributed by atoms with van der Waals surface area (Å²) in [5, 5.41) is 3.31. The Hall–Kier alpha value is 0.180. The highest BCUT2D eigenvalue weighted by Crippen LogP contribution is 2.02. The summed E-state index contributed by atoms with van der Waals surface area (Å²) < 4.78 is 11.6. The number of rotatable bonds is 7. The van der Waals surface area contributed by atoms with Crippen molar-refractivity contribution in [2.75, 3.05) is 19.8 Å². The lowest BCUT2D eigenvalue weighted by Crippen LogP contribution is -2.24. The number of nitrogens with one attached hydrogen (secondary N) is 1. The van der Waals surface area contributed by atoms with Crippen LogP contribution in [0.3, 0.4) is 0 Å². The van der Waals surface area contributed by atoms with Gasteiger partial charge in [0.15, 0.2) is 0 Å². The minimum absolute atomic E-state index is 0.208. The van der Waals surface area contributed by atoms with E-state index < -0.39 is 0 Å². The van der Waals surface area contributed by atoms with Crippen molar-refractivity contribution in [3.63, 3.8) is 0 Å². The first-order chi connectivity index (χ1) is 5.31. The van der Waals surface area contributed by atoms with Crippen molar-refractivity contribution in [3.05, 3.63) is 0 Å². The third kappa shape index (κ3) is 8.08. The molecule has 1 unspecified atom stereocenters. The minimum atomic E-state index is -0.242. The van der Waals surface area contributed by atoms with Gasteiger partial charge in [0, 0.05) is 11.9 Å². The van der Waals surface area contributed by atoms with Gasteiger partial charge in [0.1, 0.15) is 0 Å². The molecule has 0 heterocycles. The predicted octanol–water partition coefficient (Wildman–Crippen LogP) is 2.34. The molecule has 3 heteroatoms. The van der Waals surface area contributed by atoms with Gasteiger partial charge >= 0.3 is 0 Å². The molecule has 1 nitrogen and oxygen atoms in total. The standard InChI is InChI=1S/C8H17ClFN/c1-2-4-8(9)7-11-6-3-5-10/h8,11H,2-7H2,1H3. The van der Waals surface area contributed by atoms with Crippen LogP contribution in [0.25, 0.3) is 0 Å². The Balaban J connectivity index is 2.97.